The molecule has 3 aromatic rings. The summed E-state index contributed by atoms with van der Waals surface area (Å²) in [7, 11) is 3.38. The molecule has 0 unspecified atom stereocenters. The average molecular weight is 376 g/mol. The van der Waals surface area contributed by atoms with Gasteiger partial charge in [-0.05, 0) is 54.0 Å². The number of aromatic nitrogens is 2. The van der Waals surface area contributed by atoms with Crippen LogP contribution in [0.4, 0.5) is 0 Å². The molecule has 0 spiro atoms. The van der Waals surface area contributed by atoms with Gasteiger partial charge in [-0.1, -0.05) is 31.2 Å². The molecule has 0 atom stereocenters. The first-order valence-electron chi connectivity index (χ1n) is 9.19. The van der Waals surface area contributed by atoms with Crippen molar-refractivity contribution < 1.29 is 14.3 Å². The lowest BCUT2D eigenvalue weighted by Gasteiger charge is -2.11. The molecule has 0 N–H and O–H groups in total. The van der Waals surface area contributed by atoms with Crippen molar-refractivity contribution in [1.82, 2.24) is 9.78 Å². The Labute approximate surface area is 165 Å². The standard InChI is InChI=1S/C23H24N2O3/c1-4-17-5-9-20(10-6-17)28-16-19-15-18(8-12-23(19)27-3)7-11-22(26)21-13-14-24-25(21)2/h5-15H,4,16H2,1-3H3/b11-7+. The number of rotatable bonds is 8. The van der Waals surface area contributed by atoms with Crippen molar-refractivity contribution in [2.75, 3.05) is 7.11 Å². The van der Waals surface area contributed by atoms with Crippen LogP contribution in [0.25, 0.3) is 6.08 Å². The maximum absolute atomic E-state index is 12.3. The van der Waals surface area contributed by atoms with E-state index in [4.69, 9.17) is 9.47 Å². The minimum atomic E-state index is -0.0929. The van der Waals surface area contributed by atoms with Gasteiger partial charge >= 0.3 is 0 Å². The fraction of sp³-hybridized carbons (Fsp3) is 0.217. The zero-order valence-corrected chi connectivity index (χ0v) is 16.4. The van der Waals surface area contributed by atoms with E-state index in [0.717, 1.165) is 29.0 Å². The number of hydrogen-bond acceptors (Lipinski definition) is 4. The van der Waals surface area contributed by atoms with Crippen LogP contribution < -0.4 is 9.47 Å². The SMILES string of the molecule is CCc1ccc(OCc2cc(/C=C/C(=O)c3ccnn3C)ccc2OC)cc1. The van der Waals surface area contributed by atoms with Crippen LogP contribution in [0.1, 0.15) is 34.1 Å². The van der Waals surface area contributed by atoms with Crippen LogP contribution in [-0.4, -0.2) is 22.7 Å². The van der Waals surface area contributed by atoms with E-state index in [1.165, 1.54) is 5.56 Å². The van der Waals surface area contributed by atoms with E-state index < -0.39 is 0 Å². The molecule has 0 aliphatic heterocycles. The highest BCUT2D eigenvalue weighted by molar-refractivity contribution is 6.05. The Kier molecular flexibility index (Phi) is 6.27. The average Bonchev–Trinajstić information content (AvgIpc) is 3.16. The van der Waals surface area contributed by atoms with Crippen molar-refractivity contribution in [3.63, 3.8) is 0 Å². The number of benzene rings is 2. The first kappa shape index (κ1) is 19.4. The lowest BCUT2D eigenvalue weighted by Crippen LogP contribution is -2.03. The summed E-state index contributed by atoms with van der Waals surface area (Å²) in [6, 6.07) is 15.5. The van der Waals surface area contributed by atoms with E-state index in [2.05, 4.69) is 24.2 Å². The highest BCUT2D eigenvalue weighted by Gasteiger charge is 2.08. The number of carbonyl (C=O) groups excluding carboxylic acids is 1. The van der Waals surface area contributed by atoms with Gasteiger partial charge in [0.1, 0.15) is 23.8 Å². The molecule has 1 aromatic heterocycles. The second-order valence-corrected chi connectivity index (χ2v) is 6.40. The molecule has 0 amide bonds. The highest BCUT2D eigenvalue weighted by Crippen LogP contribution is 2.23. The van der Waals surface area contributed by atoms with Crippen molar-refractivity contribution in [3.05, 3.63) is 83.2 Å². The summed E-state index contributed by atoms with van der Waals surface area (Å²) >= 11 is 0. The number of allylic oxidation sites excluding steroid dienone is 1. The first-order chi connectivity index (χ1) is 13.6. The van der Waals surface area contributed by atoms with Crippen LogP contribution in [0, 0.1) is 0 Å². The molecule has 144 valence electrons. The molecule has 1 heterocycles. The number of aryl methyl sites for hydroxylation is 2. The predicted molar refractivity (Wildman–Crippen MR) is 110 cm³/mol. The molecule has 0 aliphatic rings. The van der Waals surface area contributed by atoms with E-state index >= 15 is 0 Å². The largest absolute Gasteiger partial charge is 0.496 e. The Balaban J connectivity index is 1.73. The molecule has 28 heavy (non-hydrogen) atoms. The number of ketones is 1. The molecule has 0 radical (unpaired) electrons. The van der Waals surface area contributed by atoms with Crippen molar-refractivity contribution in [3.8, 4) is 11.5 Å². The van der Waals surface area contributed by atoms with Gasteiger partial charge in [0.25, 0.3) is 0 Å². The van der Waals surface area contributed by atoms with Gasteiger partial charge in [-0.2, -0.15) is 5.10 Å². The molecule has 0 aliphatic carbocycles. The number of hydrogen-bond donors (Lipinski definition) is 0. The van der Waals surface area contributed by atoms with Crippen molar-refractivity contribution in [2.24, 2.45) is 7.05 Å². The Hall–Kier alpha value is -3.34. The summed E-state index contributed by atoms with van der Waals surface area (Å²) in [5.41, 5.74) is 3.63. The number of carbonyl (C=O) groups is 1. The van der Waals surface area contributed by atoms with Gasteiger partial charge < -0.3 is 9.47 Å². The summed E-state index contributed by atoms with van der Waals surface area (Å²) in [5.74, 6) is 1.47. The van der Waals surface area contributed by atoms with Gasteiger partial charge in [0, 0.05) is 18.8 Å². The maximum Gasteiger partial charge on any atom is 0.203 e. The van der Waals surface area contributed by atoms with Gasteiger partial charge in [0.15, 0.2) is 0 Å². The lowest BCUT2D eigenvalue weighted by molar-refractivity contribution is 0.103. The minimum Gasteiger partial charge on any atom is -0.496 e. The summed E-state index contributed by atoms with van der Waals surface area (Å²) in [4.78, 5) is 12.3. The molecule has 5 nitrogen and oxygen atoms in total. The molecule has 0 fully saturated rings. The molecular formula is C23H24N2O3. The Bertz CT molecular complexity index is 972. The number of nitrogens with zero attached hydrogens (tertiary/aromatic N) is 2. The van der Waals surface area contributed by atoms with Crippen molar-refractivity contribution in [1.29, 1.82) is 0 Å². The Morgan fingerprint density at radius 2 is 1.93 bits per heavy atom. The van der Waals surface area contributed by atoms with Crippen molar-refractivity contribution >= 4 is 11.9 Å². The topological polar surface area (TPSA) is 53.3 Å². The summed E-state index contributed by atoms with van der Waals surface area (Å²) < 4.78 is 12.9. The molecule has 3 rings (SSSR count). The monoisotopic (exact) mass is 376 g/mol. The van der Waals surface area contributed by atoms with Gasteiger partial charge in [0.2, 0.25) is 5.78 Å². The smallest absolute Gasteiger partial charge is 0.203 e. The van der Waals surface area contributed by atoms with Gasteiger partial charge in [0.05, 0.1) is 7.11 Å². The van der Waals surface area contributed by atoms with Crippen LogP contribution in [0.3, 0.4) is 0 Å². The van der Waals surface area contributed by atoms with Gasteiger partial charge in [-0.25, -0.2) is 0 Å². The quantitative estimate of drug-likeness (QED) is 0.430. The van der Waals surface area contributed by atoms with Crippen LogP contribution >= 0.6 is 0 Å². The molecule has 2 aromatic carbocycles. The van der Waals surface area contributed by atoms with E-state index in [0.29, 0.717) is 12.3 Å². The lowest BCUT2D eigenvalue weighted by atomic mass is 10.1. The third-order valence-corrected chi connectivity index (χ3v) is 4.53. The van der Waals surface area contributed by atoms with Crippen molar-refractivity contribution in [2.45, 2.75) is 20.0 Å². The van der Waals surface area contributed by atoms with E-state index in [-0.39, 0.29) is 5.78 Å². The van der Waals surface area contributed by atoms with Gasteiger partial charge in [-0.3, -0.25) is 9.48 Å². The number of ether oxygens (including phenoxy) is 2. The van der Waals surface area contributed by atoms with Crippen LogP contribution in [-0.2, 0) is 20.1 Å². The van der Waals surface area contributed by atoms with E-state index in [9.17, 15) is 4.79 Å². The summed E-state index contributed by atoms with van der Waals surface area (Å²) in [6.07, 6.45) is 5.94. The number of methoxy groups -OCH3 is 1. The fourth-order valence-electron chi connectivity index (χ4n) is 2.87. The van der Waals surface area contributed by atoms with E-state index in [1.807, 2.05) is 30.3 Å². The molecule has 0 saturated heterocycles. The fourth-order valence-corrected chi connectivity index (χ4v) is 2.87. The summed E-state index contributed by atoms with van der Waals surface area (Å²) in [5, 5.41) is 4.02. The zero-order valence-electron chi connectivity index (χ0n) is 16.4. The van der Waals surface area contributed by atoms with Gasteiger partial charge in [-0.15, -0.1) is 0 Å². The Morgan fingerprint density at radius 1 is 1.14 bits per heavy atom. The molecular weight excluding hydrogens is 352 g/mol. The molecule has 0 bridgehead atoms. The minimum absolute atomic E-state index is 0.0929. The van der Waals surface area contributed by atoms with E-state index in [1.54, 1.807) is 43.3 Å². The highest BCUT2D eigenvalue weighted by atomic mass is 16.5. The Morgan fingerprint density at radius 3 is 2.57 bits per heavy atom. The molecule has 5 heteroatoms. The predicted octanol–water partition coefficient (Wildman–Crippen LogP) is 4.47. The first-order valence-corrected chi connectivity index (χ1v) is 9.19. The van der Waals surface area contributed by atoms with Crippen LogP contribution in [0.15, 0.2) is 60.8 Å². The third-order valence-electron chi connectivity index (χ3n) is 4.53. The zero-order chi connectivity index (χ0) is 19.9. The second kappa shape index (κ2) is 9.04. The molecule has 0 saturated carbocycles. The summed E-state index contributed by atoms with van der Waals surface area (Å²) in [6.45, 7) is 2.50. The normalized spacial score (nSPS) is 11.0. The van der Waals surface area contributed by atoms with Crippen LogP contribution in [0.2, 0.25) is 0 Å². The van der Waals surface area contributed by atoms with Crippen LogP contribution in [0.5, 0.6) is 11.5 Å². The second-order valence-electron chi connectivity index (χ2n) is 6.40. The third kappa shape index (κ3) is 4.68. The maximum atomic E-state index is 12.3.